The fourth-order valence-corrected chi connectivity index (χ4v) is 2.73. The third-order valence-electron chi connectivity index (χ3n) is 3.40. The van der Waals surface area contributed by atoms with Gasteiger partial charge in [0.2, 0.25) is 0 Å². The van der Waals surface area contributed by atoms with Crippen molar-refractivity contribution in [3.8, 4) is 5.75 Å². The summed E-state index contributed by atoms with van der Waals surface area (Å²) < 4.78 is 5.28. The van der Waals surface area contributed by atoms with E-state index in [1.807, 2.05) is 12.1 Å². The standard InChI is InChI=1S/C15H23N3OS/c1-12(2)16-15(20)18-9-7-17(8-10-18)13-5-4-6-14(11-13)19-3/h4-6,11-12H,7-10H2,1-3H3,(H,16,20). The van der Waals surface area contributed by atoms with Gasteiger partial charge in [-0.05, 0) is 38.2 Å². The van der Waals surface area contributed by atoms with Crippen molar-refractivity contribution in [3.63, 3.8) is 0 Å². The minimum atomic E-state index is 0.388. The molecule has 0 spiro atoms. The first kappa shape index (κ1) is 14.9. The molecule has 4 nitrogen and oxygen atoms in total. The number of ether oxygens (including phenoxy) is 1. The molecular weight excluding hydrogens is 270 g/mol. The molecule has 1 N–H and O–H groups in total. The fourth-order valence-electron chi connectivity index (χ4n) is 2.31. The van der Waals surface area contributed by atoms with E-state index in [4.69, 9.17) is 17.0 Å². The number of piperazine rings is 1. The van der Waals surface area contributed by atoms with Crippen LogP contribution in [-0.4, -0.2) is 49.3 Å². The molecule has 0 unspecified atom stereocenters. The largest absolute Gasteiger partial charge is 0.497 e. The van der Waals surface area contributed by atoms with Crippen molar-refractivity contribution in [1.82, 2.24) is 10.2 Å². The molecule has 1 saturated heterocycles. The fraction of sp³-hybridized carbons (Fsp3) is 0.533. The zero-order valence-corrected chi connectivity index (χ0v) is 13.2. The monoisotopic (exact) mass is 293 g/mol. The number of methoxy groups -OCH3 is 1. The number of anilines is 1. The van der Waals surface area contributed by atoms with Crippen molar-refractivity contribution in [1.29, 1.82) is 0 Å². The topological polar surface area (TPSA) is 27.7 Å². The molecular formula is C15H23N3OS. The summed E-state index contributed by atoms with van der Waals surface area (Å²) >= 11 is 5.42. The van der Waals surface area contributed by atoms with Crippen LogP contribution in [0.2, 0.25) is 0 Å². The first-order valence-electron chi connectivity index (χ1n) is 7.04. The van der Waals surface area contributed by atoms with Crippen LogP contribution in [0.4, 0.5) is 5.69 Å². The van der Waals surface area contributed by atoms with Crippen LogP contribution in [0, 0.1) is 0 Å². The summed E-state index contributed by atoms with van der Waals surface area (Å²) in [5.41, 5.74) is 1.21. The lowest BCUT2D eigenvalue weighted by molar-refractivity contribution is 0.376. The van der Waals surface area contributed by atoms with E-state index in [1.165, 1.54) is 5.69 Å². The Morgan fingerprint density at radius 2 is 1.95 bits per heavy atom. The first-order valence-corrected chi connectivity index (χ1v) is 7.45. The van der Waals surface area contributed by atoms with Crippen LogP contribution in [0.1, 0.15) is 13.8 Å². The molecule has 2 rings (SSSR count). The van der Waals surface area contributed by atoms with Crippen LogP contribution < -0.4 is 15.0 Å². The second kappa shape index (κ2) is 6.79. The zero-order chi connectivity index (χ0) is 14.5. The van der Waals surface area contributed by atoms with Crippen LogP contribution in [0.15, 0.2) is 24.3 Å². The summed E-state index contributed by atoms with van der Waals surface area (Å²) in [6.45, 7) is 8.09. The van der Waals surface area contributed by atoms with Gasteiger partial charge in [0.15, 0.2) is 5.11 Å². The summed E-state index contributed by atoms with van der Waals surface area (Å²) in [4.78, 5) is 4.61. The second-order valence-corrected chi connectivity index (χ2v) is 5.67. The molecule has 0 saturated carbocycles. The van der Waals surface area contributed by atoms with Crippen molar-refractivity contribution >= 4 is 23.0 Å². The summed E-state index contributed by atoms with van der Waals surface area (Å²) in [6, 6.07) is 8.61. The third kappa shape index (κ3) is 3.76. The highest BCUT2D eigenvalue weighted by molar-refractivity contribution is 7.80. The van der Waals surface area contributed by atoms with E-state index in [0.717, 1.165) is 37.0 Å². The quantitative estimate of drug-likeness (QED) is 0.862. The van der Waals surface area contributed by atoms with E-state index in [1.54, 1.807) is 7.11 Å². The molecule has 0 aromatic heterocycles. The Labute approximate surface area is 126 Å². The summed E-state index contributed by atoms with van der Waals surface area (Å²) in [5.74, 6) is 0.905. The Balaban J connectivity index is 1.92. The normalized spacial score (nSPS) is 15.4. The first-order chi connectivity index (χ1) is 9.60. The maximum absolute atomic E-state index is 5.42. The van der Waals surface area contributed by atoms with Crippen molar-refractivity contribution in [2.45, 2.75) is 19.9 Å². The highest BCUT2D eigenvalue weighted by Crippen LogP contribution is 2.22. The van der Waals surface area contributed by atoms with E-state index in [0.29, 0.717) is 6.04 Å². The average Bonchev–Trinajstić information content (AvgIpc) is 2.47. The SMILES string of the molecule is COc1cccc(N2CCN(C(=S)NC(C)C)CC2)c1. The van der Waals surface area contributed by atoms with E-state index < -0.39 is 0 Å². The van der Waals surface area contributed by atoms with Crippen LogP contribution in [-0.2, 0) is 0 Å². The van der Waals surface area contributed by atoms with Crippen molar-refractivity contribution in [2.24, 2.45) is 0 Å². The molecule has 20 heavy (non-hydrogen) atoms. The number of hydrogen-bond donors (Lipinski definition) is 1. The van der Waals surface area contributed by atoms with Gasteiger partial charge in [-0.1, -0.05) is 6.07 Å². The number of hydrogen-bond acceptors (Lipinski definition) is 3. The summed E-state index contributed by atoms with van der Waals surface area (Å²) in [6.07, 6.45) is 0. The predicted octanol–water partition coefficient (Wildman–Crippen LogP) is 2.10. The Hall–Kier alpha value is -1.49. The number of nitrogens with zero attached hydrogens (tertiary/aromatic N) is 2. The van der Waals surface area contributed by atoms with Crippen molar-refractivity contribution in [3.05, 3.63) is 24.3 Å². The van der Waals surface area contributed by atoms with Crippen molar-refractivity contribution < 1.29 is 4.74 Å². The lowest BCUT2D eigenvalue weighted by Gasteiger charge is -2.38. The summed E-state index contributed by atoms with van der Waals surface area (Å²) in [5, 5.41) is 4.17. The maximum atomic E-state index is 5.42. The Morgan fingerprint density at radius 3 is 2.55 bits per heavy atom. The number of rotatable bonds is 3. The van der Waals surface area contributed by atoms with Gasteiger partial charge < -0.3 is 19.9 Å². The van der Waals surface area contributed by atoms with Crippen LogP contribution in [0.3, 0.4) is 0 Å². The van der Waals surface area contributed by atoms with Crippen LogP contribution >= 0.6 is 12.2 Å². The zero-order valence-electron chi connectivity index (χ0n) is 12.4. The molecule has 110 valence electrons. The molecule has 0 atom stereocenters. The van der Waals surface area contributed by atoms with Gasteiger partial charge in [0.1, 0.15) is 5.75 Å². The number of benzene rings is 1. The van der Waals surface area contributed by atoms with Gasteiger partial charge in [0.25, 0.3) is 0 Å². The average molecular weight is 293 g/mol. The Kier molecular flexibility index (Phi) is 5.06. The predicted molar refractivity (Wildman–Crippen MR) is 87.6 cm³/mol. The number of thiocarbonyl (C=S) groups is 1. The van der Waals surface area contributed by atoms with Gasteiger partial charge in [-0.2, -0.15) is 0 Å². The van der Waals surface area contributed by atoms with E-state index >= 15 is 0 Å². The van der Waals surface area contributed by atoms with E-state index in [-0.39, 0.29) is 0 Å². The maximum Gasteiger partial charge on any atom is 0.169 e. The second-order valence-electron chi connectivity index (χ2n) is 5.28. The Morgan fingerprint density at radius 1 is 1.25 bits per heavy atom. The number of nitrogens with one attached hydrogen (secondary N) is 1. The molecule has 0 radical (unpaired) electrons. The molecule has 0 bridgehead atoms. The van der Waals surface area contributed by atoms with Gasteiger partial charge in [-0.3, -0.25) is 0 Å². The van der Waals surface area contributed by atoms with Gasteiger partial charge in [0, 0.05) is 44.0 Å². The van der Waals surface area contributed by atoms with E-state index in [2.05, 4.69) is 41.1 Å². The van der Waals surface area contributed by atoms with Gasteiger partial charge >= 0.3 is 0 Å². The lowest BCUT2D eigenvalue weighted by Crippen LogP contribution is -2.52. The van der Waals surface area contributed by atoms with Crippen LogP contribution in [0.5, 0.6) is 5.75 Å². The van der Waals surface area contributed by atoms with Gasteiger partial charge in [-0.25, -0.2) is 0 Å². The minimum Gasteiger partial charge on any atom is -0.497 e. The molecule has 1 fully saturated rings. The highest BCUT2D eigenvalue weighted by atomic mass is 32.1. The molecule has 1 heterocycles. The molecule has 5 heteroatoms. The van der Waals surface area contributed by atoms with Crippen LogP contribution in [0.25, 0.3) is 0 Å². The molecule has 1 aliphatic heterocycles. The Bertz CT molecular complexity index is 456. The summed E-state index contributed by atoms with van der Waals surface area (Å²) in [7, 11) is 1.70. The highest BCUT2D eigenvalue weighted by Gasteiger charge is 2.19. The van der Waals surface area contributed by atoms with Gasteiger partial charge in [0.05, 0.1) is 7.11 Å². The molecule has 0 amide bonds. The molecule has 1 aromatic rings. The van der Waals surface area contributed by atoms with E-state index in [9.17, 15) is 0 Å². The molecule has 0 aliphatic carbocycles. The lowest BCUT2D eigenvalue weighted by atomic mass is 10.2. The molecule has 1 aromatic carbocycles. The smallest absolute Gasteiger partial charge is 0.169 e. The van der Waals surface area contributed by atoms with Crippen molar-refractivity contribution in [2.75, 3.05) is 38.2 Å². The minimum absolute atomic E-state index is 0.388. The van der Waals surface area contributed by atoms with Gasteiger partial charge in [-0.15, -0.1) is 0 Å². The molecule has 1 aliphatic rings. The third-order valence-corrected chi connectivity index (χ3v) is 3.77.